The highest BCUT2D eigenvalue weighted by Gasteiger charge is 2.33. The fourth-order valence-electron chi connectivity index (χ4n) is 2.58. The molecule has 21 heavy (non-hydrogen) atoms. The summed E-state index contributed by atoms with van der Waals surface area (Å²) in [4.78, 5) is 2.06. The fraction of sp³-hybridized carbons (Fsp3) is 0.600. The maximum Gasteiger partial charge on any atom is 0.416 e. The van der Waals surface area contributed by atoms with E-state index in [4.69, 9.17) is 0 Å². The summed E-state index contributed by atoms with van der Waals surface area (Å²) in [7, 11) is 0. The van der Waals surface area contributed by atoms with Gasteiger partial charge in [0.25, 0.3) is 0 Å². The van der Waals surface area contributed by atoms with Gasteiger partial charge < -0.3 is 10.2 Å². The Labute approximate surface area is 131 Å². The SMILES string of the molecule is CC(C)C1CN(c2cc(C(F)(F)F)ccc2Br)C(C)CN1. The van der Waals surface area contributed by atoms with E-state index < -0.39 is 11.7 Å². The maximum absolute atomic E-state index is 12.9. The van der Waals surface area contributed by atoms with Gasteiger partial charge in [0.2, 0.25) is 0 Å². The van der Waals surface area contributed by atoms with Crippen molar-refractivity contribution in [1.82, 2.24) is 5.32 Å². The molecule has 2 unspecified atom stereocenters. The Morgan fingerprint density at radius 3 is 2.57 bits per heavy atom. The average molecular weight is 365 g/mol. The van der Waals surface area contributed by atoms with Crippen LogP contribution in [-0.4, -0.2) is 25.2 Å². The predicted molar refractivity (Wildman–Crippen MR) is 82.6 cm³/mol. The first kappa shape index (κ1) is 16.6. The number of benzene rings is 1. The summed E-state index contributed by atoms with van der Waals surface area (Å²) in [6.07, 6.45) is -4.32. The zero-order valence-electron chi connectivity index (χ0n) is 12.3. The molecule has 0 spiro atoms. The molecule has 1 fully saturated rings. The number of nitrogens with zero attached hydrogens (tertiary/aromatic N) is 1. The van der Waals surface area contributed by atoms with Crippen LogP contribution in [0.1, 0.15) is 26.3 Å². The Morgan fingerprint density at radius 1 is 1.33 bits per heavy atom. The zero-order chi connectivity index (χ0) is 15.8. The molecule has 1 aromatic carbocycles. The van der Waals surface area contributed by atoms with Crippen molar-refractivity contribution in [3.63, 3.8) is 0 Å². The normalized spacial score (nSPS) is 23.7. The van der Waals surface area contributed by atoms with Crippen LogP contribution in [0.3, 0.4) is 0 Å². The molecular weight excluding hydrogens is 345 g/mol. The number of piperazine rings is 1. The van der Waals surface area contributed by atoms with Crippen molar-refractivity contribution in [2.75, 3.05) is 18.0 Å². The third kappa shape index (κ3) is 3.72. The van der Waals surface area contributed by atoms with Gasteiger partial charge in [-0.1, -0.05) is 13.8 Å². The Morgan fingerprint density at radius 2 is 2.00 bits per heavy atom. The van der Waals surface area contributed by atoms with E-state index in [2.05, 4.69) is 40.0 Å². The molecule has 1 N–H and O–H groups in total. The Balaban J connectivity index is 2.34. The molecule has 2 nitrogen and oxygen atoms in total. The van der Waals surface area contributed by atoms with Gasteiger partial charge in [0.05, 0.1) is 11.3 Å². The highest BCUT2D eigenvalue weighted by molar-refractivity contribution is 9.10. The van der Waals surface area contributed by atoms with Gasteiger partial charge in [0.1, 0.15) is 0 Å². The lowest BCUT2D eigenvalue weighted by atomic mass is 9.99. The fourth-order valence-corrected chi connectivity index (χ4v) is 3.05. The van der Waals surface area contributed by atoms with Crippen LogP contribution in [-0.2, 0) is 6.18 Å². The van der Waals surface area contributed by atoms with Crippen molar-refractivity contribution in [2.24, 2.45) is 5.92 Å². The molecule has 118 valence electrons. The molecule has 0 amide bonds. The van der Waals surface area contributed by atoms with E-state index in [0.717, 1.165) is 12.6 Å². The second-order valence-electron chi connectivity index (χ2n) is 5.92. The van der Waals surface area contributed by atoms with E-state index in [1.807, 2.05) is 6.92 Å². The molecule has 1 aliphatic rings. The molecule has 2 rings (SSSR count). The van der Waals surface area contributed by atoms with Crippen LogP contribution in [0.4, 0.5) is 18.9 Å². The molecule has 1 aromatic rings. The number of hydrogen-bond donors (Lipinski definition) is 1. The molecule has 0 radical (unpaired) electrons. The summed E-state index contributed by atoms with van der Waals surface area (Å²) in [5.41, 5.74) is 0.0111. The average Bonchev–Trinajstić information content (AvgIpc) is 2.38. The van der Waals surface area contributed by atoms with Crippen molar-refractivity contribution < 1.29 is 13.2 Å². The molecule has 2 atom stereocenters. The van der Waals surface area contributed by atoms with Gasteiger partial charge in [0, 0.05) is 29.6 Å². The maximum atomic E-state index is 12.9. The van der Waals surface area contributed by atoms with Crippen LogP contribution in [0.15, 0.2) is 22.7 Å². The first-order valence-corrected chi connectivity index (χ1v) is 7.86. The van der Waals surface area contributed by atoms with Crippen LogP contribution in [0, 0.1) is 5.92 Å². The highest BCUT2D eigenvalue weighted by atomic mass is 79.9. The minimum atomic E-state index is -4.32. The number of alkyl halides is 3. The third-order valence-electron chi connectivity index (χ3n) is 3.99. The summed E-state index contributed by atoms with van der Waals surface area (Å²) >= 11 is 3.39. The Hall–Kier alpha value is -0.750. The van der Waals surface area contributed by atoms with Crippen molar-refractivity contribution in [1.29, 1.82) is 0 Å². The number of anilines is 1. The number of nitrogens with one attached hydrogen (secondary N) is 1. The van der Waals surface area contributed by atoms with Crippen LogP contribution in [0.5, 0.6) is 0 Å². The third-order valence-corrected chi connectivity index (χ3v) is 4.66. The van der Waals surface area contributed by atoms with Crippen LogP contribution < -0.4 is 10.2 Å². The molecule has 1 heterocycles. The topological polar surface area (TPSA) is 15.3 Å². The van der Waals surface area contributed by atoms with E-state index in [1.54, 1.807) is 0 Å². The smallest absolute Gasteiger partial charge is 0.365 e. The van der Waals surface area contributed by atoms with E-state index >= 15 is 0 Å². The molecule has 1 saturated heterocycles. The minimum Gasteiger partial charge on any atom is -0.365 e. The van der Waals surface area contributed by atoms with Gasteiger partial charge >= 0.3 is 6.18 Å². The first-order chi connectivity index (χ1) is 9.70. The monoisotopic (exact) mass is 364 g/mol. The molecule has 0 aromatic heterocycles. The first-order valence-electron chi connectivity index (χ1n) is 7.07. The van der Waals surface area contributed by atoms with E-state index in [0.29, 0.717) is 22.6 Å². The van der Waals surface area contributed by atoms with Crippen molar-refractivity contribution in [2.45, 2.75) is 39.0 Å². The standard InChI is InChI=1S/C15H20BrF3N2/c1-9(2)13-8-21(10(3)7-20-13)14-6-11(15(17,18)19)4-5-12(14)16/h4-6,9-10,13,20H,7-8H2,1-3H3. The summed E-state index contributed by atoms with van der Waals surface area (Å²) in [5.74, 6) is 0.435. The number of rotatable bonds is 2. The lowest BCUT2D eigenvalue weighted by Gasteiger charge is -2.42. The second-order valence-corrected chi connectivity index (χ2v) is 6.78. The Bertz CT molecular complexity index is 502. The molecular formula is C15H20BrF3N2. The largest absolute Gasteiger partial charge is 0.416 e. The van der Waals surface area contributed by atoms with E-state index in [-0.39, 0.29) is 12.1 Å². The van der Waals surface area contributed by atoms with E-state index in [9.17, 15) is 13.2 Å². The summed E-state index contributed by atoms with van der Waals surface area (Å²) < 4.78 is 39.5. The predicted octanol–water partition coefficient (Wildman–Crippen LogP) is 4.29. The van der Waals surface area contributed by atoms with Gasteiger partial charge in [0.15, 0.2) is 0 Å². The minimum absolute atomic E-state index is 0.153. The van der Waals surface area contributed by atoms with Crippen LogP contribution in [0.25, 0.3) is 0 Å². The Kier molecular flexibility index (Phi) is 4.88. The molecule has 1 aliphatic heterocycles. The van der Waals surface area contributed by atoms with Crippen molar-refractivity contribution in [3.05, 3.63) is 28.2 Å². The van der Waals surface area contributed by atoms with E-state index in [1.165, 1.54) is 12.1 Å². The van der Waals surface area contributed by atoms with Gasteiger partial charge in [-0.3, -0.25) is 0 Å². The second kappa shape index (κ2) is 6.16. The van der Waals surface area contributed by atoms with Gasteiger partial charge in [-0.05, 0) is 47.0 Å². The summed E-state index contributed by atoms with van der Waals surface area (Å²) in [6, 6.07) is 4.27. The van der Waals surface area contributed by atoms with Gasteiger partial charge in [-0.2, -0.15) is 13.2 Å². The molecule has 0 bridgehead atoms. The lowest BCUT2D eigenvalue weighted by Crippen LogP contribution is -2.57. The van der Waals surface area contributed by atoms with Crippen LogP contribution >= 0.6 is 15.9 Å². The number of halogens is 4. The quantitative estimate of drug-likeness (QED) is 0.841. The molecule has 0 saturated carbocycles. The zero-order valence-corrected chi connectivity index (χ0v) is 13.9. The van der Waals surface area contributed by atoms with Crippen molar-refractivity contribution in [3.8, 4) is 0 Å². The van der Waals surface area contributed by atoms with Gasteiger partial charge in [-0.25, -0.2) is 0 Å². The van der Waals surface area contributed by atoms with Gasteiger partial charge in [-0.15, -0.1) is 0 Å². The summed E-state index contributed by atoms with van der Waals surface area (Å²) in [6.45, 7) is 7.74. The number of hydrogen-bond acceptors (Lipinski definition) is 2. The lowest BCUT2D eigenvalue weighted by molar-refractivity contribution is -0.137. The molecule has 0 aliphatic carbocycles. The van der Waals surface area contributed by atoms with Crippen molar-refractivity contribution >= 4 is 21.6 Å². The molecule has 6 heteroatoms. The highest BCUT2D eigenvalue weighted by Crippen LogP contribution is 2.36. The van der Waals surface area contributed by atoms with Crippen LogP contribution in [0.2, 0.25) is 0 Å². The summed E-state index contributed by atoms with van der Waals surface area (Å²) in [5, 5.41) is 3.45.